The second kappa shape index (κ2) is 4.57. The van der Waals surface area contributed by atoms with Crippen LogP contribution in [0.4, 0.5) is 5.69 Å². The van der Waals surface area contributed by atoms with Crippen molar-refractivity contribution >= 4 is 17.6 Å². The van der Waals surface area contributed by atoms with Gasteiger partial charge < -0.3 is 10.4 Å². The maximum Gasteiger partial charge on any atom is 0.310 e. The van der Waals surface area contributed by atoms with Gasteiger partial charge in [0.05, 0.1) is 5.92 Å². The van der Waals surface area contributed by atoms with E-state index in [0.29, 0.717) is 0 Å². The van der Waals surface area contributed by atoms with Gasteiger partial charge in [0.25, 0.3) is 0 Å². The van der Waals surface area contributed by atoms with Crippen molar-refractivity contribution in [3.8, 4) is 0 Å². The summed E-state index contributed by atoms with van der Waals surface area (Å²) in [6, 6.07) is 6.96. The first-order chi connectivity index (χ1) is 8.08. The predicted molar refractivity (Wildman–Crippen MR) is 63.8 cm³/mol. The first-order valence-corrected chi connectivity index (χ1v) is 5.71. The lowest BCUT2D eigenvalue weighted by Gasteiger charge is -2.08. The van der Waals surface area contributed by atoms with Crippen molar-refractivity contribution < 1.29 is 14.7 Å². The summed E-state index contributed by atoms with van der Waals surface area (Å²) in [6.07, 6.45) is 1.94. The highest BCUT2D eigenvalue weighted by molar-refractivity contribution is 5.94. The highest BCUT2D eigenvalue weighted by atomic mass is 16.4. The van der Waals surface area contributed by atoms with Crippen LogP contribution in [0.1, 0.15) is 31.2 Å². The number of hydrogen-bond acceptors (Lipinski definition) is 2. The van der Waals surface area contributed by atoms with Gasteiger partial charge in [-0.15, -0.1) is 0 Å². The molecule has 1 fully saturated rings. The summed E-state index contributed by atoms with van der Waals surface area (Å²) in [7, 11) is 0. The summed E-state index contributed by atoms with van der Waals surface area (Å²) in [6.45, 7) is 1.64. The Kier molecular flexibility index (Phi) is 3.13. The molecule has 0 aliphatic heterocycles. The second-order valence-corrected chi connectivity index (χ2v) is 4.45. The molecule has 90 valence electrons. The fourth-order valence-electron chi connectivity index (χ4n) is 1.59. The molecule has 1 atom stereocenters. The molecule has 0 aromatic heterocycles. The molecule has 1 aliphatic carbocycles. The fraction of sp³-hybridized carbons (Fsp3) is 0.385. The lowest BCUT2D eigenvalue weighted by molar-refractivity contribution is -0.138. The molecule has 0 saturated heterocycles. The van der Waals surface area contributed by atoms with Crippen molar-refractivity contribution in [3.05, 3.63) is 29.8 Å². The average molecular weight is 233 g/mol. The second-order valence-electron chi connectivity index (χ2n) is 4.45. The topological polar surface area (TPSA) is 66.4 Å². The first-order valence-electron chi connectivity index (χ1n) is 5.71. The van der Waals surface area contributed by atoms with Crippen LogP contribution in [0.2, 0.25) is 0 Å². The number of carboxylic acid groups (broad SMARTS) is 1. The Morgan fingerprint density at radius 3 is 2.35 bits per heavy atom. The molecule has 1 aromatic rings. The van der Waals surface area contributed by atoms with Crippen LogP contribution in [0.5, 0.6) is 0 Å². The number of rotatable bonds is 4. The molecule has 1 saturated carbocycles. The molecule has 0 spiro atoms. The van der Waals surface area contributed by atoms with E-state index in [2.05, 4.69) is 5.32 Å². The largest absolute Gasteiger partial charge is 0.481 e. The van der Waals surface area contributed by atoms with E-state index >= 15 is 0 Å². The third kappa shape index (κ3) is 2.84. The van der Waals surface area contributed by atoms with Crippen molar-refractivity contribution in [2.45, 2.75) is 25.7 Å². The van der Waals surface area contributed by atoms with Crippen molar-refractivity contribution in [3.63, 3.8) is 0 Å². The number of carboxylic acids is 1. The third-order valence-corrected chi connectivity index (χ3v) is 3.00. The molecular formula is C13H15NO3. The van der Waals surface area contributed by atoms with E-state index in [1.165, 1.54) is 0 Å². The molecule has 0 radical (unpaired) electrons. The van der Waals surface area contributed by atoms with Crippen LogP contribution in [-0.2, 0) is 9.59 Å². The van der Waals surface area contributed by atoms with Crippen LogP contribution in [0, 0.1) is 5.92 Å². The summed E-state index contributed by atoms with van der Waals surface area (Å²) in [5.74, 6) is -1.14. The predicted octanol–water partition coefficient (Wildman–Crippen LogP) is 2.22. The lowest BCUT2D eigenvalue weighted by Crippen LogP contribution is -2.13. The quantitative estimate of drug-likeness (QED) is 0.838. The van der Waals surface area contributed by atoms with Crippen LogP contribution in [0.15, 0.2) is 24.3 Å². The minimum atomic E-state index is -0.847. The molecule has 1 aromatic carbocycles. The van der Waals surface area contributed by atoms with Crippen molar-refractivity contribution in [2.24, 2.45) is 5.92 Å². The van der Waals surface area contributed by atoms with Gasteiger partial charge in [-0.2, -0.15) is 0 Å². The van der Waals surface area contributed by atoms with E-state index < -0.39 is 11.9 Å². The summed E-state index contributed by atoms with van der Waals surface area (Å²) in [5.41, 5.74) is 1.46. The molecule has 1 amide bonds. The molecule has 2 N–H and O–H groups in total. The number of benzene rings is 1. The number of carbonyl (C=O) groups excluding carboxylic acids is 1. The zero-order chi connectivity index (χ0) is 12.4. The Morgan fingerprint density at radius 2 is 1.88 bits per heavy atom. The molecule has 0 bridgehead atoms. The normalized spacial score (nSPS) is 16.3. The first kappa shape index (κ1) is 11.6. The number of nitrogens with one attached hydrogen (secondary N) is 1. The Morgan fingerprint density at radius 1 is 1.29 bits per heavy atom. The monoisotopic (exact) mass is 233 g/mol. The molecular weight excluding hydrogens is 218 g/mol. The number of amides is 1. The molecule has 4 heteroatoms. The minimum Gasteiger partial charge on any atom is -0.481 e. The van der Waals surface area contributed by atoms with Crippen LogP contribution in [0.3, 0.4) is 0 Å². The van der Waals surface area contributed by atoms with E-state index in [9.17, 15) is 9.59 Å². The van der Waals surface area contributed by atoms with E-state index in [-0.39, 0.29) is 11.8 Å². The SMILES string of the molecule is CC(C(=O)O)c1ccc(NC(=O)C2CC2)cc1. The zero-order valence-corrected chi connectivity index (χ0v) is 9.64. The van der Waals surface area contributed by atoms with Gasteiger partial charge >= 0.3 is 5.97 Å². The highest BCUT2D eigenvalue weighted by Gasteiger charge is 2.29. The number of anilines is 1. The van der Waals surface area contributed by atoms with Crippen molar-refractivity contribution in [1.82, 2.24) is 0 Å². The molecule has 2 rings (SSSR count). The Hall–Kier alpha value is -1.84. The minimum absolute atomic E-state index is 0.0593. The lowest BCUT2D eigenvalue weighted by atomic mass is 10.0. The smallest absolute Gasteiger partial charge is 0.310 e. The number of carbonyl (C=O) groups is 2. The summed E-state index contributed by atoms with van der Waals surface area (Å²) in [4.78, 5) is 22.3. The van der Waals surface area contributed by atoms with Gasteiger partial charge in [-0.25, -0.2) is 0 Å². The Bertz CT molecular complexity index is 434. The van der Waals surface area contributed by atoms with E-state index in [1.54, 1.807) is 31.2 Å². The van der Waals surface area contributed by atoms with E-state index in [1.807, 2.05) is 0 Å². The van der Waals surface area contributed by atoms with Crippen LogP contribution in [0.25, 0.3) is 0 Å². The molecule has 1 unspecified atom stereocenters. The van der Waals surface area contributed by atoms with Gasteiger partial charge in [0.1, 0.15) is 0 Å². The third-order valence-electron chi connectivity index (χ3n) is 3.00. The maximum absolute atomic E-state index is 11.5. The summed E-state index contributed by atoms with van der Waals surface area (Å²) < 4.78 is 0. The van der Waals surface area contributed by atoms with Gasteiger partial charge in [-0.05, 0) is 37.5 Å². The van der Waals surface area contributed by atoms with Gasteiger partial charge in [-0.1, -0.05) is 12.1 Å². The standard InChI is InChI=1S/C13H15NO3/c1-8(13(16)17)9-4-6-11(7-5-9)14-12(15)10-2-3-10/h4-8,10H,2-3H2,1H3,(H,14,15)(H,16,17). The zero-order valence-electron chi connectivity index (χ0n) is 9.64. The van der Waals surface area contributed by atoms with E-state index in [0.717, 1.165) is 24.1 Å². The van der Waals surface area contributed by atoms with Crippen molar-refractivity contribution in [1.29, 1.82) is 0 Å². The van der Waals surface area contributed by atoms with Gasteiger partial charge in [0.2, 0.25) is 5.91 Å². The van der Waals surface area contributed by atoms with Gasteiger partial charge in [0, 0.05) is 11.6 Å². The number of hydrogen-bond donors (Lipinski definition) is 2. The molecule has 4 nitrogen and oxygen atoms in total. The van der Waals surface area contributed by atoms with Crippen molar-refractivity contribution in [2.75, 3.05) is 5.32 Å². The van der Waals surface area contributed by atoms with Gasteiger partial charge in [-0.3, -0.25) is 9.59 Å². The average Bonchev–Trinajstić information content (AvgIpc) is 3.12. The summed E-state index contributed by atoms with van der Waals surface area (Å²) in [5, 5.41) is 11.7. The van der Waals surface area contributed by atoms with Crippen LogP contribution in [-0.4, -0.2) is 17.0 Å². The molecule has 0 heterocycles. The summed E-state index contributed by atoms with van der Waals surface area (Å²) >= 11 is 0. The Labute approximate surface area is 99.6 Å². The molecule has 17 heavy (non-hydrogen) atoms. The highest BCUT2D eigenvalue weighted by Crippen LogP contribution is 2.30. The van der Waals surface area contributed by atoms with Crippen LogP contribution < -0.4 is 5.32 Å². The van der Waals surface area contributed by atoms with Crippen LogP contribution >= 0.6 is 0 Å². The fourth-order valence-corrected chi connectivity index (χ4v) is 1.59. The maximum atomic E-state index is 11.5. The molecule has 1 aliphatic rings. The van der Waals surface area contributed by atoms with Gasteiger partial charge in [0.15, 0.2) is 0 Å². The Balaban J connectivity index is 2.02. The van der Waals surface area contributed by atoms with E-state index in [4.69, 9.17) is 5.11 Å². The number of aliphatic carboxylic acids is 1.